The minimum absolute atomic E-state index is 0.573. The van der Waals surface area contributed by atoms with Gasteiger partial charge in [0.2, 0.25) is 0 Å². The summed E-state index contributed by atoms with van der Waals surface area (Å²) in [7, 11) is 0. The lowest BCUT2D eigenvalue weighted by Crippen LogP contribution is -2.45. The van der Waals surface area contributed by atoms with Gasteiger partial charge in [0.15, 0.2) is 5.11 Å². The highest BCUT2D eigenvalue weighted by atomic mass is 32.1. The SMILES string of the molecule is CC1CC(NC(=S)Nc2ccccc2)C1. The van der Waals surface area contributed by atoms with E-state index in [0.29, 0.717) is 6.04 Å². The van der Waals surface area contributed by atoms with Crippen molar-refractivity contribution in [1.29, 1.82) is 0 Å². The normalized spacial score (nSPS) is 24.1. The van der Waals surface area contributed by atoms with Crippen LogP contribution < -0.4 is 10.6 Å². The van der Waals surface area contributed by atoms with Gasteiger partial charge in [-0.2, -0.15) is 0 Å². The first-order valence-electron chi connectivity index (χ1n) is 5.36. The molecule has 1 fully saturated rings. The van der Waals surface area contributed by atoms with Crippen LogP contribution in [-0.2, 0) is 0 Å². The molecule has 1 aliphatic rings. The topological polar surface area (TPSA) is 24.1 Å². The zero-order valence-electron chi connectivity index (χ0n) is 8.86. The average Bonchev–Trinajstić information content (AvgIpc) is 2.17. The summed E-state index contributed by atoms with van der Waals surface area (Å²) in [5.41, 5.74) is 1.04. The van der Waals surface area contributed by atoms with E-state index in [2.05, 4.69) is 17.6 Å². The highest BCUT2D eigenvalue weighted by Crippen LogP contribution is 2.26. The monoisotopic (exact) mass is 220 g/mol. The molecule has 1 saturated carbocycles. The van der Waals surface area contributed by atoms with Crippen LogP contribution in [0.3, 0.4) is 0 Å². The Hall–Kier alpha value is -1.09. The molecule has 0 atom stereocenters. The molecule has 1 aromatic rings. The minimum atomic E-state index is 0.573. The first kappa shape index (κ1) is 10.4. The zero-order chi connectivity index (χ0) is 10.7. The summed E-state index contributed by atoms with van der Waals surface area (Å²) in [4.78, 5) is 0. The van der Waals surface area contributed by atoms with E-state index >= 15 is 0 Å². The summed E-state index contributed by atoms with van der Waals surface area (Å²) < 4.78 is 0. The second kappa shape index (κ2) is 4.62. The van der Waals surface area contributed by atoms with Gasteiger partial charge in [0.25, 0.3) is 0 Å². The van der Waals surface area contributed by atoms with Gasteiger partial charge in [-0.25, -0.2) is 0 Å². The quantitative estimate of drug-likeness (QED) is 0.749. The number of nitrogens with one attached hydrogen (secondary N) is 2. The molecule has 2 N–H and O–H groups in total. The molecule has 3 heteroatoms. The predicted molar refractivity (Wildman–Crippen MR) is 68.0 cm³/mol. The third-order valence-corrected chi connectivity index (χ3v) is 2.96. The number of para-hydroxylation sites is 1. The summed E-state index contributed by atoms with van der Waals surface area (Å²) in [5, 5.41) is 7.23. The maximum absolute atomic E-state index is 5.23. The van der Waals surface area contributed by atoms with E-state index in [4.69, 9.17) is 12.2 Å². The van der Waals surface area contributed by atoms with Gasteiger partial charge in [-0.1, -0.05) is 25.1 Å². The number of thiocarbonyl (C=S) groups is 1. The van der Waals surface area contributed by atoms with Crippen LogP contribution in [-0.4, -0.2) is 11.2 Å². The van der Waals surface area contributed by atoms with E-state index in [0.717, 1.165) is 16.7 Å². The fraction of sp³-hybridized carbons (Fsp3) is 0.417. The molecule has 0 spiro atoms. The van der Waals surface area contributed by atoms with Gasteiger partial charge >= 0.3 is 0 Å². The van der Waals surface area contributed by atoms with Crippen molar-refractivity contribution in [3.05, 3.63) is 30.3 Å². The summed E-state index contributed by atoms with van der Waals surface area (Å²) in [6, 6.07) is 10.6. The van der Waals surface area contributed by atoms with Crippen LogP contribution in [0.5, 0.6) is 0 Å². The lowest BCUT2D eigenvalue weighted by molar-refractivity contribution is 0.269. The van der Waals surface area contributed by atoms with Gasteiger partial charge in [0.05, 0.1) is 0 Å². The molecule has 0 radical (unpaired) electrons. The van der Waals surface area contributed by atoms with Gasteiger partial charge in [-0.15, -0.1) is 0 Å². The Morgan fingerprint density at radius 2 is 1.93 bits per heavy atom. The molecule has 15 heavy (non-hydrogen) atoms. The number of hydrogen-bond acceptors (Lipinski definition) is 1. The highest BCUT2D eigenvalue weighted by molar-refractivity contribution is 7.80. The Bertz CT molecular complexity index is 331. The van der Waals surface area contributed by atoms with E-state index in [1.165, 1.54) is 12.8 Å². The molecule has 0 bridgehead atoms. The van der Waals surface area contributed by atoms with E-state index in [-0.39, 0.29) is 0 Å². The van der Waals surface area contributed by atoms with Crippen LogP contribution in [0.1, 0.15) is 19.8 Å². The molecular weight excluding hydrogens is 204 g/mol. The van der Waals surface area contributed by atoms with Crippen LogP contribution in [0.25, 0.3) is 0 Å². The van der Waals surface area contributed by atoms with Crippen molar-refractivity contribution in [3.63, 3.8) is 0 Å². The van der Waals surface area contributed by atoms with E-state index in [1.54, 1.807) is 0 Å². The average molecular weight is 220 g/mol. The number of anilines is 1. The number of rotatable bonds is 2. The molecule has 0 amide bonds. The van der Waals surface area contributed by atoms with E-state index < -0.39 is 0 Å². The molecule has 80 valence electrons. The van der Waals surface area contributed by atoms with Gasteiger partial charge in [0, 0.05) is 11.7 Å². The smallest absolute Gasteiger partial charge is 0.170 e. The Balaban J connectivity index is 1.78. The van der Waals surface area contributed by atoms with Gasteiger partial charge in [0.1, 0.15) is 0 Å². The highest BCUT2D eigenvalue weighted by Gasteiger charge is 2.25. The van der Waals surface area contributed by atoms with Crippen molar-refractivity contribution in [3.8, 4) is 0 Å². The van der Waals surface area contributed by atoms with Crippen molar-refractivity contribution in [2.24, 2.45) is 5.92 Å². The molecule has 0 heterocycles. The molecule has 0 aliphatic heterocycles. The van der Waals surface area contributed by atoms with Crippen LogP contribution in [0.2, 0.25) is 0 Å². The maximum atomic E-state index is 5.23. The first-order chi connectivity index (χ1) is 7.24. The lowest BCUT2D eigenvalue weighted by atomic mass is 9.82. The van der Waals surface area contributed by atoms with Crippen molar-refractivity contribution < 1.29 is 0 Å². The molecule has 2 rings (SSSR count). The summed E-state index contributed by atoms with van der Waals surface area (Å²) in [6.45, 7) is 2.27. The Morgan fingerprint density at radius 3 is 2.53 bits per heavy atom. The Kier molecular flexibility index (Phi) is 3.21. The summed E-state index contributed by atoms with van der Waals surface area (Å²) in [5.74, 6) is 0.849. The fourth-order valence-electron chi connectivity index (χ4n) is 1.89. The largest absolute Gasteiger partial charge is 0.360 e. The molecular formula is C12H16N2S. The fourth-order valence-corrected chi connectivity index (χ4v) is 2.18. The summed E-state index contributed by atoms with van der Waals surface area (Å²) >= 11 is 5.23. The molecule has 1 aliphatic carbocycles. The number of benzene rings is 1. The second-order valence-corrected chi connectivity index (χ2v) is 4.65. The predicted octanol–water partition coefficient (Wildman–Crippen LogP) is 2.77. The van der Waals surface area contributed by atoms with E-state index in [9.17, 15) is 0 Å². The molecule has 1 aromatic carbocycles. The molecule has 0 unspecified atom stereocenters. The van der Waals surface area contributed by atoms with Crippen molar-refractivity contribution in [2.75, 3.05) is 5.32 Å². The van der Waals surface area contributed by atoms with Crippen LogP contribution in [0, 0.1) is 5.92 Å². The third kappa shape index (κ3) is 2.93. The Morgan fingerprint density at radius 1 is 1.27 bits per heavy atom. The van der Waals surface area contributed by atoms with E-state index in [1.807, 2.05) is 30.3 Å². The third-order valence-electron chi connectivity index (χ3n) is 2.74. The van der Waals surface area contributed by atoms with Crippen LogP contribution in [0.15, 0.2) is 30.3 Å². The van der Waals surface area contributed by atoms with Gasteiger partial charge in [-0.3, -0.25) is 0 Å². The van der Waals surface area contributed by atoms with Crippen molar-refractivity contribution in [1.82, 2.24) is 5.32 Å². The standard InChI is InChI=1S/C12H16N2S/c1-9-7-11(8-9)14-12(15)13-10-5-3-2-4-6-10/h2-6,9,11H,7-8H2,1H3,(H2,13,14,15). The minimum Gasteiger partial charge on any atom is -0.360 e. The second-order valence-electron chi connectivity index (χ2n) is 4.24. The summed E-state index contributed by atoms with van der Waals surface area (Å²) in [6.07, 6.45) is 2.47. The molecule has 2 nitrogen and oxygen atoms in total. The van der Waals surface area contributed by atoms with Crippen molar-refractivity contribution in [2.45, 2.75) is 25.8 Å². The van der Waals surface area contributed by atoms with Crippen LogP contribution >= 0.6 is 12.2 Å². The van der Waals surface area contributed by atoms with Gasteiger partial charge < -0.3 is 10.6 Å². The molecule has 0 aromatic heterocycles. The van der Waals surface area contributed by atoms with Gasteiger partial charge in [-0.05, 0) is 43.1 Å². The lowest BCUT2D eigenvalue weighted by Gasteiger charge is -2.34. The number of hydrogen-bond donors (Lipinski definition) is 2. The Labute approximate surface area is 96.1 Å². The molecule has 0 saturated heterocycles. The van der Waals surface area contributed by atoms with Crippen LogP contribution in [0.4, 0.5) is 5.69 Å². The van der Waals surface area contributed by atoms with Crippen molar-refractivity contribution >= 4 is 23.0 Å². The maximum Gasteiger partial charge on any atom is 0.170 e. The first-order valence-corrected chi connectivity index (χ1v) is 5.77. The zero-order valence-corrected chi connectivity index (χ0v) is 9.68.